The van der Waals surface area contributed by atoms with Crippen molar-refractivity contribution in [3.8, 4) is 0 Å². The number of hydrazine groups is 1. The Bertz CT molecular complexity index is 399. The van der Waals surface area contributed by atoms with Crippen LogP contribution in [0.4, 0.5) is 0 Å². The van der Waals surface area contributed by atoms with E-state index < -0.39 is 0 Å². The molecule has 100 valence electrons. The molecule has 0 unspecified atom stereocenters. The van der Waals surface area contributed by atoms with Crippen molar-refractivity contribution in [2.24, 2.45) is 0 Å². The first kappa shape index (κ1) is 14.7. The molecule has 0 aliphatic carbocycles. The predicted molar refractivity (Wildman–Crippen MR) is 75.6 cm³/mol. The van der Waals surface area contributed by atoms with E-state index in [2.05, 4.69) is 37.7 Å². The predicted octanol–water partition coefficient (Wildman–Crippen LogP) is 3.15. The highest BCUT2D eigenvalue weighted by Crippen LogP contribution is 2.21. The van der Waals surface area contributed by atoms with E-state index in [1.165, 1.54) is 5.56 Å². The summed E-state index contributed by atoms with van der Waals surface area (Å²) in [6.45, 7) is 9.23. The maximum Gasteiger partial charge on any atom is 0.265 e. The van der Waals surface area contributed by atoms with Crippen molar-refractivity contribution < 1.29 is 4.79 Å². The van der Waals surface area contributed by atoms with Crippen LogP contribution >= 0.6 is 0 Å². The highest BCUT2D eigenvalue weighted by atomic mass is 16.2. The van der Waals surface area contributed by atoms with E-state index >= 15 is 0 Å². The summed E-state index contributed by atoms with van der Waals surface area (Å²) in [5.41, 5.74) is 8.77. The third kappa shape index (κ3) is 3.84. The van der Waals surface area contributed by atoms with Crippen molar-refractivity contribution in [2.75, 3.05) is 6.54 Å². The quantitative estimate of drug-likeness (QED) is 0.600. The summed E-state index contributed by atoms with van der Waals surface area (Å²) >= 11 is 0. The van der Waals surface area contributed by atoms with Crippen molar-refractivity contribution in [2.45, 2.75) is 46.5 Å². The molecule has 1 amide bonds. The molecule has 0 spiro atoms. The third-order valence-electron chi connectivity index (χ3n) is 3.10. The molecule has 0 saturated carbocycles. The Morgan fingerprint density at radius 1 is 1.33 bits per heavy atom. The van der Waals surface area contributed by atoms with Gasteiger partial charge in [-0.2, -0.15) is 0 Å². The van der Waals surface area contributed by atoms with Crippen LogP contribution in [0.3, 0.4) is 0 Å². The minimum atomic E-state index is -0.0499. The van der Waals surface area contributed by atoms with Crippen molar-refractivity contribution >= 4 is 5.91 Å². The van der Waals surface area contributed by atoms with Crippen LogP contribution in [0.2, 0.25) is 0 Å². The molecule has 3 nitrogen and oxygen atoms in total. The summed E-state index contributed by atoms with van der Waals surface area (Å²) in [4.78, 5) is 12.0. The Morgan fingerprint density at radius 3 is 2.67 bits per heavy atom. The molecule has 2 N–H and O–H groups in total. The zero-order valence-electron chi connectivity index (χ0n) is 11.8. The summed E-state index contributed by atoms with van der Waals surface area (Å²) in [6, 6.07) is 5.91. The monoisotopic (exact) mass is 248 g/mol. The molecule has 1 rings (SSSR count). The molecular formula is C15H24N2O. The minimum Gasteiger partial charge on any atom is -0.287 e. The van der Waals surface area contributed by atoms with Gasteiger partial charge in [0.2, 0.25) is 0 Å². The van der Waals surface area contributed by atoms with Crippen molar-refractivity contribution in [1.82, 2.24) is 10.9 Å². The van der Waals surface area contributed by atoms with Crippen LogP contribution in [0.1, 0.15) is 61.0 Å². The van der Waals surface area contributed by atoms with Gasteiger partial charge in [-0.15, -0.1) is 0 Å². The topological polar surface area (TPSA) is 41.1 Å². The zero-order chi connectivity index (χ0) is 13.5. The number of carbonyl (C=O) groups excluding carboxylic acids is 1. The Labute approximate surface area is 110 Å². The molecule has 0 saturated heterocycles. The second kappa shape index (κ2) is 7.17. The lowest BCUT2D eigenvalue weighted by atomic mass is 9.94. The second-order valence-corrected chi connectivity index (χ2v) is 4.91. The van der Waals surface area contributed by atoms with E-state index in [0.717, 1.165) is 30.5 Å². The molecule has 1 aromatic carbocycles. The lowest BCUT2D eigenvalue weighted by Gasteiger charge is -2.14. The fourth-order valence-corrected chi connectivity index (χ4v) is 2.00. The van der Waals surface area contributed by atoms with E-state index in [1.807, 2.05) is 19.1 Å². The first-order chi connectivity index (χ1) is 8.57. The molecule has 0 aliphatic rings. The second-order valence-electron chi connectivity index (χ2n) is 4.91. The maximum absolute atomic E-state index is 12.0. The minimum absolute atomic E-state index is 0.0499. The molecule has 0 radical (unpaired) electrons. The van der Waals surface area contributed by atoms with Gasteiger partial charge in [0, 0.05) is 12.1 Å². The van der Waals surface area contributed by atoms with Gasteiger partial charge in [-0.05, 0) is 36.5 Å². The number of amides is 1. The lowest BCUT2D eigenvalue weighted by molar-refractivity contribution is 0.0932. The third-order valence-corrected chi connectivity index (χ3v) is 3.10. The van der Waals surface area contributed by atoms with Crippen LogP contribution < -0.4 is 10.9 Å². The Balaban J connectivity index is 2.71. The smallest absolute Gasteiger partial charge is 0.265 e. The largest absolute Gasteiger partial charge is 0.287 e. The van der Waals surface area contributed by atoms with E-state index in [1.54, 1.807) is 0 Å². The lowest BCUT2D eigenvalue weighted by Crippen LogP contribution is -2.38. The first-order valence-corrected chi connectivity index (χ1v) is 6.70. The summed E-state index contributed by atoms with van der Waals surface area (Å²) in [5.74, 6) is 0.386. The molecule has 0 heterocycles. The number of benzene rings is 1. The van der Waals surface area contributed by atoms with Gasteiger partial charge >= 0.3 is 0 Å². The maximum atomic E-state index is 12.0. The Hall–Kier alpha value is -1.35. The van der Waals surface area contributed by atoms with E-state index in [-0.39, 0.29) is 5.91 Å². The van der Waals surface area contributed by atoms with Gasteiger partial charge in [-0.25, -0.2) is 5.43 Å². The van der Waals surface area contributed by atoms with Gasteiger partial charge in [-0.1, -0.05) is 39.3 Å². The number of nitrogens with one attached hydrogen (secondary N) is 2. The molecule has 0 aliphatic heterocycles. The van der Waals surface area contributed by atoms with Gasteiger partial charge in [-0.3, -0.25) is 10.2 Å². The molecule has 0 fully saturated rings. The number of carbonyl (C=O) groups is 1. The average Bonchev–Trinajstić information content (AvgIpc) is 2.34. The van der Waals surface area contributed by atoms with Gasteiger partial charge in [0.15, 0.2) is 0 Å². The molecule has 0 aromatic heterocycles. The van der Waals surface area contributed by atoms with E-state index in [4.69, 9.17) is 0 Å². The highest BCUT2D eigenvalue weighted by molar-refractivity contribution is 5.95. The number of unbranched alkanes of at least 4 members (excludes halogenated alkanes) is 1. The summed E-state index contributed by atoms with van der Waals surface area (Å²) in [7, 11) is 0. The highest BCUT2D eigenvalue weighted by Gasteiger charge is 2.12. The summed E-state index contributed by atoms with van der Waals surface area (Å²) in [5, 5.41) is 0. The Kier molecular flexibility index (Phi) is 5.86. The fourth-order valence-electron chi connectivity index (χ4n) is 2.00. The van der Waals surface area contributed by atoms with Crippen LogP contribution in [0, 0.1) is 6.92 Å². The first-order valence-electron chi connectivity index (χ1n) is 6.70. The number of rotatable bonds is 6. The average molecular weight is 248 g/mol. The zero-order valence-corrected chi connectivity index (χ0v) is 11.8. The number of hydrogen-bond donors (Lipinski definition) is 2. The van der Waals surface area contributed by atoms with Crippen molar-refractivity contribution in [3.63, 3.8) is 0 Å². The van der Waals surface area contributed by atoms with E-state index in [0.29, 0.717) is 5.92 Å². The summed E-state index contributed by atoms with van der Waals surface area (Å²) < 4.78 is 0. The van der Waals surface area contributed by atoms with Crippen LogP contribution in [-0.4, -0.2) is 12.5 Å². The van der Waals surface area contributed by atoms with Gasteiger partial charge in [0.05, 0.1) is 0 Å². The molecule has 0 bridgehead atoms. The van der Waals surface area contributed by atoms with Gasteiger partial charge in [0.1, 0.15) is 0 Å². The molecule has 3 heteroatoms. The van der Waals surface area contributed by atoms with Gasteiger partial charge in [0.25, 0.3) is 5.91 Å². The standard InChI is InChI=1S/C15H24N2O/c1-5-6-10-16-17-15(18)14-9-7-8-13(11(2)3)12(14)4/h7-9,11,16H,5-6,10H2,1-4H3,(H,17,18). The fraction of sp³-hybridized carbons (Fsp3) is 0.533. The van der Waals surface area contributed by atoms with Crippen LogP contribution in [0.5, 0.6) is 0 Å². The number of hydrogen-bond acceptors (Lipinski definition) is 2. The summed E-state index contributed by atoms with van der Waals surface area (Å²) in [6.07, 6.45) is 2.18. The van der Waals surface area contributed by atoms with Crippen molar-refractivity contribution in [3.05, 3.63) is 34.9 Å². The van der Waals surface area contributed by atoms with Crippen LogP contribution in [0.25, 0.3) is 0 Å². The molecule has 0 atom stereocenters. The van der Waals surface area contributed by atoms with Crippen molar-refractivity contribution in [1.29, 1.82) is 0 Å². The SMILES string of the molecule is CCCCNNC(=O)c1cccc(C(C)C)c1C. The molecule has 1 aromatic rings. The van der Waals surface area contributed by atoms with Crippen LogP contribution in [0.15, 0.2) is 18.2 Å². The molecular weight excluding hydrogens is 224 g/mol. The molecule has 18 heavy (non-hydrogen) atoms. The van der Waals surface area contributed by atoms with E-state index in [9.17, 15) is 4.79 Å². The van der Waals surface area contributed by atoms with Gasteiger partial charge < -0.3 is 0 Å². The van der Waals surface area contributed by atoms with Crippen LogP contribution in [-0.2, 0) is 0 Å². The normalized spacial score (nSPS) is 10.7. The Morgan fingerprint density at radius 2 is 2.06 bits per heavy atom.